The Balaban J connectivity index is 2.05. The van der Waals surface area contributed by atoms with E-state index in [-0.39, 0.29) is 5.82 Å². The van der Waals surface area contributed by atoms with Gasteiger partial charge in [0.1, 0.15) is 5.82 Å². The molecule has 0 radical (unpaired) electrons. The van der Waals surface area contributed by atoms with Crippen molar-refractivity contribution in [1.29, 1.82) is 0 Å². The van der Waals surface area contributed by atoms with Gasteiger partial charge in [-0.25, -0.2) is 4.39 Å². The SMILES string of the molecule is CCCNC(Cc1ccc(F)cc1C)C1CCOC1. The molecule has 1 aromatic rings. The summed E-state index contributed by atoms with van der Waals surface area (Å²) in [5.41, 5.74) is 2.28. The Morgan fingerprint density at radius 1 is 1.47 bits per heavy atom. The lowest BCUT2D eigenvalue weighted by atomic mass is 9.91. The summed E-state index contributed by atoms with van der Waals surface area (Å²) in [6.45, 7) is 6.92. The number of hydrogen-bond acceptors (Lipinski definition) is 2. The number of hydrogen-bond donors (Lipinski definition) is 1. The van der Waals surface area contributed by atoms with Gasteiger partial charge in [-0.3, -0.25) is 0 Å². The minimum Gasteiger partial charge on any atom is -0.381 e. The minimum atomic E-state index is -0.150. The van der Waals surface area contributed by atoms with Gasteiger partial charge in [-0.05, 0) is 56.0 Å². The lowest BCUT2D eigenvalue weighted by molar-refractivity contribution is 0.176. The van der Waals surface area contributed by atoms with Gasteiger partial charge in [0.25, 0.3) is 0 Å². The number of halogens is 1. The van der Waals surface area contributed by atoms with E-state index in [4.69, 9.17) is 4.74 Å². The predicted molar refractivity (Wildman–Crippen MR) is 75.8 cm³/mol. The molecule has 0 amide bonds. The Bertz CT molecular complexity index is 402. The zero-order valence-corrected chi connectivity index (χ0v) is 11.9. The molecular weight excluding hydrogens is 241 g/mol. The average molecular weight is 265 g/mol. The van der Waals surface area contributed by atoms with Crippen LogP contribution in [0.25, 0.3) is 0 Å². The molecule has 1 fully saturated rings. The highest BCUT2D eigenvalue weighted by atomic mass is 19.1. The Kier molecular flexibility index (Phi) is 5.34. The van der Waals surface area contributed by atoms with Crippen LogP contribution in [0.15, 0.2) is 18.2 Å². The quantitative estimate of drug-likeness (QED) is 0.853. The molecule has 1 heterocycles. The number of rotatable bonds is 6. The highest BCUT2D eigenvalue weighted by Gasteiger charge is 2.25. The van der Waals surface area contributed by atoms with Crippen LogP contribution in [0.4, 0.5) is 4.39 Å². The van der Waals surface area contributed by atoms with E-state index in [9.17, 15) is 4.39 Å². The maximum absolute atomic E-state index is 13.2. The predicted octanol–water partition coefficient (Wildman–Crippen LogP) is 3.08. The van der Waals surface area contributed by atoms with Gasteiger partial charge in [-0.2, -0.15) is 0 Å². The van der Waals surface area contributed by atoms with Crippen LogP contribution >= 0.6 is 0 Å². The summed E-state index contributed by atoms with van der Waals surface area (Å²) in [5, 5.41) is 3.63. The van der Waals surface area contributed by atoms with Crippen LogP contribution < -0.4 is 5.32 Å². The monoisotopic (exact) mass is 265 g/mol. The van der Waals surface area contributed by atoms with E-state index < -0.39 is 0 Å². The Labute approximate surface area is 115 Å². The minimum absolute atomic E-state index is 0.150. The summed E-state index contributed by atoms with van der Waals surface area (Å²) in [5.74, 6) is 0.430. The number of benzene rings is 1. The fraction of sp³-hybridized carbons (Fsp3) is 0.625. The molecule has 2 rings (SSSR count). The van der Waals surface area contributed by atoms with Crippen molar-refractivity contribution in [3.8, 4) is 0 Å². The zero-order chi connectivity index (χ0) is 13.7. The summed E-state index contributed by atoms with van der Waals surface area (Å²) in [6, 6.07) is 5.54. The first-order valence-electron chi connectivity index (χ1n) is 7.27. The van der Waals surface area contributed by atoms with Crippen LogP contribution in [0.5, 0.6) is 0 Å². The average Bonchev–Trinajstić information content (AvgIpc) is 2.90. The third-order valence-electron chi connectivity index (χ3n) is 3.93. The van der Waals surface area contributed by atoms with Crippen molar-refractivity contribution < 1.29 is 9.13 Å². The normalized spacial score (nSPS) is 20.7. The molecule has 1 saturated heterocycles. The van der Waals surface area contributed by atoms with E-state index in [1.165, 1.54) is 5.56 Å². The van der Waals surface area contributed by atoms with Crippen LogP contribution in [0.3, 0.4) is 0 Å². The standard InChI is InChI=1S/C16H24FNO/c1-3-7-18-16(14-6-8-19-11-14)10-13-4-5-15(17)9-12(13)2/h4-5,9,14,16,18H,3,6-8,10-11H2,1-2H3. The van der Waals surface area contributed by atoms with Gasteiger partial charge in [0, 0.05) is 18.6 Å². The number of aryl methyl sites for hydroxylation is 1. The first-order chi connectivity index (χ1) is 9.20. The molecule has 19 heavy (non-hydrogen) atoms. The molecule has 0 aliphatic carbocycles. The maximum Gasteiger partial charge on any atom is 0.123 e. The molecule has 1 aromatic carbocycles. The van der Waals surface area contributed by atoms with Crippen molar-refractivity contribution in [2.75, 3.05) is 19.8 Å². The van der Waals surface area contributed by atoms with Crippen LogP contribution in [-0.4, -0.2) is 25.8 Å². The second-order valence-electron chi connectivity index (χ2n) is 5.46. The lowest BCUT2D eigenvalue weighted by Gasteiger charge is -2.24. The van der Waals surface area contributed by atoms with Crippen LogP contribution in [0, 0.1) is 18.7 Å². The summed E-state index contributed by atoms with van der Waals surface area (Å²) in [6.07, 6.45) is 3.22. The number of nitrogens with one attached hydrogen (secondary N) is 1. The molecule has 0 bridgehead atoms. The Morgan fingerprint density at radius 2 is 2.32 bits per heavy atom. The van der Waals surface area contributed by atoms with Crippen molar-refractivity contribution in [3.63, 3.8) is 0 Å². The molecule has 3 heteroatoms. The Morgan fingerprint density at radius 3 is 2.95 bits per heavy atom. The van der Waals surface area contributed by atoms with Gasteiger partial charge < -0.3 is 10.1 Å². The van der Waals surface area contributed by atoms with Crippen molar-refractivity contribution in [3.05, 3.63) is 35.1 Å². The van der Waals surface area contributed by atoms with Crippen molar-refractivity contribution in [2.45, 2.75) is 39.2 Å². The third-order valence-corrected chi connectivity index (χ3v) is 3.93. The summed E-state index contributed by atoms with van der Waals surface area (Å²) in [4.78, 5) is 0. The first kappa shape index (κ1) is 14.5. The van der Waals surface area contributed by atoms with Crippen molar-refractivity contribution >= 4 is 0 Å². The largest absolute Gasteiger partial charge is 0.381 e. The third kappa shape index (κ3) is 4.02. The van der Waals surface area contributed by atoms with Crippen LogP contribution in [0.2, 0.25) is 0 Å². The molecule has 106 valence electrons. The summed E-state index contributed by atoms with van der Waals surface area (Å²) in [7, 11) is 0. The molecule has 1 aliphatic rings. The van der Waals surface area contributed by atoms with E-state index in [1.807, 2.05) is 13.0 Å². The van der Waals surface area contributed by atoms with Gasteiger partial charge >= 0.3 is 0 Å². The zero-order valence-electron chi connectivity index (χ0n) is 11.9. The van der Waals surface area contributed by atoms with Crippen LogP contribution in [0.1, 0.15) is 30.9 Å². The van der Waals surface area contributed by atoms with E-state index in [0.717, 1.165) is 44.6 Å². The number of ether oxygens (including phenoxy) is 1. The lowest BCUT2D eigenvalue weighted by Crippen LogP contribution is -2.39. The molecule has 1 N–H and O–H groups in total. The van der Waals surface area contributed by atoms with Gasteiger partial charge in [-0.15, -0.1) is 0 Å². The van der Waals surface area contributed by atoms with Crippen molar-refractivity contribution in [2.24, 2.45) is 5.92 Å². The second kappa shape index (κ2) is 7.01. The molecule has 2 atom stereocenters. The molecule has 1 aliphatic heterocycles. The van der Waals surface area contributed by atoms with Gasteiger partial charge in [-0.1, -0.05) is 13.0 Å². The van der Waals surface area contributed by atoms with Gasteiger partial charge in [0.15, 0.2) is 0 Å². The van der Waals surface area contributed by atoms with Crippen LogP contribution in [-0.2, 0) is 11.2 Å². The van der Waals surface area contributed by atoms with E-state index in [2.05, 4.69) is 12.2 Å². The van der Waals surface area contributed by atoms with E-state index in [1.54, 1.807) is 12.1 Å². The first-order valence-corrected chi connectivity index (χ1v) is 7.27. The van der Waals surface area contributed by atoms with Gasteiger partial charge in [0.2, 0.25) is 0 Å². The Hall–Kier alpha value is -0.930. The highest BCUT2D eigenvalue weighted by Crippen LogP contribution is 2.21. The molecule has 2 unspecified atom stereocenters. The van der Waals surface area contributed by atoms with E-state index >= 15 is 0 Å². The molecule has 0 saturated carbocycles. The maximum atomic E-state index is 13.2. The fourth-order valence-electron chi connectivity index (χ4n) is 2.73. The summed E-state index contributed by atoms with van der Waals surface area (Å²) >= 11 is 0. The van der Waals surface area contributed by atoms with E-state index in [0.29, 0.717) is 12.0 Å². The molecule has 0 aromatic heterocycles. The molecule has 2 nitrogen and oxygen atoms in total. The van der Waals surface area contributed by atoms with Gasteiger partial charge in [0.05, 0.1) is 6.61 Å². The molecule has 0 spiro atoms. The smallest absolute Gasteiger partial charge is 0.123 e. The molecular formula is C16H24FNO. The van der Waals surface area contributed by atoms with Crippen molar-refractivity contribution in [1.82, 2.24) is 5.32 Å². The second-order valence-corrected chi connectivity index (χ2v) is 5.46. The summed E-state index contributed by atoms with van der Waals surface area (Å²) < 4.78 is 18.7. The highest BCUT2D eigenvalue weighted by molar-refractivity contribution is 5.27. The fourth-order valence-corrected chi connectivity index (χ4v) is 2.73. The topological polar surface area (TPSA) is 21.3 Å².